The summed E-state index contributed by atoms with van der Waals surface area (Å²) in [4.78, 5) is 17.3. The largest absolute Gasteiger partial charge is 0.433 e. The number of nitrogens with one attached hydrogen (secondary N) is 1. The van der Waals surface area contributed by atoms with Gasteiger partial charge in [0.05, 0.1) is 11.3 Å². The standard InChI is InChI=1S/C25H32F2N4O3/c1-4-6-17-7-8-18(20(13-17)34-24(26)27)31-19(14-28)22(30-21(31)5-2)23(32)29-15-25(33)11-9-16(3)10-12-25/h7-8,13,16,24,33H,4-6,9-12,15H2,1-3H3,(H,29,32). The molecule has 3 rings (SSSR count). The first-order chi connectivity index (χ1) is 16.2. The summed E-state index contributed by atoms with van der Waals surface area (Å²) in [5, 5.41) is 23.4. The number of aryl methyl sites for hydroxylation is 2. The highest BCUT2D eigenvalue weighted by molar-refractivity contribution is 5.94. The van der Waals surface area contributed by atoms with Crippen LogP contribution in [0.25, 0.3) is 5.69 Å². The molecule has 0 atom stereocenters. The van der Waals surface area contributed by atoms with Crippen molar-refractivity contribution in [3.05, 3.63) is 41.0 Å². The number of nitriles is 1. The number of benzene rings is 1. The van der Waals surface area contributed by atoms with E-state index in [1.165, 1.54) is 10.6 Å². The molecule has 0 unspecified atom stereocenters. The third-order valence-electron chi connectivity index (χ3n) is 6.39. The number of hydrogen-bond donors (Lipinski definition) is 2. The fourth-order valence-corrected chi connectivity index (χ4v) is 4.41. The van der Waals surface area contributed by atoms with Gasteiger partial charge < -0.3 is 15.2 Å². The van der Waals surface area contributed by atoms with E-state index in [1.807, 2.05) is 13.0 Å². The Bertz CT molecular complexity index is 1050. The molecular weight excluding hydrogens is 442 g/mol. The van der Waals surface area contributed by atoms with Crippen LogP contribution in [-0.2, 0) is 12.8 Å². The van der Waals surface area contributed by atoms with Gasteiger partial charge >= 0.3 is 6.61 Å². The summed E-state index contributed by atoms with van der Waals surface area (Å²) in [5.74, 6) is 0.240. The van der Waals surface area contributed by atoms with E-state index in [4.69, 9.17) is 4.74 Å². The van der Waals surface area contributed by atoms with Gasteiger partial charge in [-0.1, -0.05) is 33.3 Å². The Balaban J connectivity index is 1.96. The molecule has 2 aromatic rings. The maximum atomic E-state index is 13.2. The van der Waals surface area contributed by atoms with E-state index in [1.54, 1.807) is 19.1 Å². The van der Waals surface area contributed by atoms with Gasteiger partial charge in [-0.05, 0) is 55.7 Å². The lowest BCUT2D eigenvalue weighted by Crippen LogP contribution is -2.45. The molecule has 1 amide bonds. The van der Waals surface area contributed by atoms with Crippen molar-refractivity contribution in [3.8, 4) is 17.5 Å². The molecule has 34 heavy (non-hydrogen) atoms. The van der Waals surface area contributed by atoms with Crippen molar-refractivity contribution >= 4 is 5.91 Å². The maximum Gasteiger partial charge on any atom is 0.387 e. The average molecular weight is 475 g/mol. The summed E-state index contributed by atoms with van der Waals surface area (Å²) in [6.07, 6.45) is 4.81. The molecule has 0 radical (unpaired) electrons. The van der Waals surface area contributed by atoms with Crippen molar-refractivity contribution in [2.45, 2.75) is 77.9 Å². The van der Waals surface area contributed by atoms with Crippen molar-refractivity contribution in [2.75, 3.05) is 6.54 Å². The summed E-state index contributed by atoms with van der Waals surface area (Å²) in [6, 6.07) is 6.94. The lowest BCUT2D eigenvalue weighted by atomic mass is 9.79. The van der Waals surface area contributed by atoms with Crippen molar-refractivity contribution in [1.82, 2.24) is 14.9 Å². The van der Waals surface area contributed by atoms with Crippen LogP contribution in [0.2, 0.25) is 0 Å². The van der Waals surface area contributed by atoms with Crippen LogP contribution in [0.4, 0.5) is 8.78 Å². The lowest BCUT2D eigenvalue weighted by Gasteiger charge is -2.34. The van der Waals surface area contributed by atoms with E-state index in [9.17, 15) is 23.9 Å². The number of ether oxygens (including phenoxy) is 1. The maximum absolute atomic E-state index is 13.2. The molecule has 1 aliphatic carbocycles. The van der Waals surface area contributed by atoms with Crippen LogP contribution in [0.3, 0.4) is 0 Å². The van der Waals surface area contributed by atoms with E-state index < -0.39 is 18.1 Å². The Morgan fingerprint density at radius 1 is 1.38 bits per heavy atom. The number of carbonyl (C=O) groups excluding carboxylic acids is 1. The Morgan fingerprint density at radius 2 is 2.09 bits per heavy atom. The van der Waals surface area contributed by atoms with Gasteiger partial charge in [0.25, 0.3) is 5.91 Å². The van der Waals surface area contributed by atoms with Crippen LogP contribution < -0.4 is 10.1 Å². The summed E-state index contributed by atoms with van der Waals surface area (Å²) < 4.78 is 32.5. The third-order valence-corrected chi connectivity index (χ3v) is 6.39. The van der Waals surface area contributed by atoms with Crippen LogP contribution in [0.15, 0.2) is 18.2 Å². The zero-order chi connectivity index (χ0) is 24.9. The molecule has 0 saturated heterocycles. The smallest absolute Gasteiger partial charge is 0.387 e. The number of hydrogen-bond acceptors (Lipinski definition) is 5. The van der Waals surface area contributed by atoms with Gasteiger partial charge in [-0.25, -0.2) is 4.98 Å². The minimum atomic E-state index is -3.04. The molecule has 1 fully saturated rings. The highest BCUT2D eigenvalue weighted by Gasteiger charge is 2.33. The monoisotopic (exact) mass is 474 g/mol. The van der Waals surface area contributed by atoms with E-state index in [0.717, 1.165) is 24.8 Å². The minimum absolute atomic E-state index is 0.0587. The number of imidazole rings is 1. The molecule has 7 nitrogen and oxygen atoms in total. The Labute approximate surface area is 198 Å². The SMILES string of the molecule is CCCc1ccc(-n2c(CC)nc(C(=O)NCC3(O)CCC(C)CC3)c2C#N)c(OC(F)F)c1. The number of amides is 1. The molecule has 0 spiro atoms. The topological polar surface area (TPSA) is 100 Å². The molecule has 1 saturated carbocycles. The number of rotatable bonds is 9. The Morgan fingerprint density at radius 3 is 2.68 bits per heavy atom. The van der Waals surface area contributed by atoms with E-state index in [2.05, 4.69) is 17.2 Å². The van der Waals surface area contributed by atoms with Crippen LogP contribution in [0.1, 0.15) is 80.4 Å². The molecule has 1 aliphatic rings. The van der Waals surface area contributed by atoms with Gasteiger partial charge in [0.2, 0.25) is 0 Å². The van der Waals surface area contributed by atoms with Crippen LogP contribution in [-0.4, -0.2) is 39.3 Å². The van der Waals surface area contributed by atoms with Crippen molar-refractivity contribution < 1.29 is 23.4 Å². The first kappa shape index (κ1) is 25.6. The molecule has 1 aromatic carbocycles. The molecule has 0 bridgehead atoms. The first-order valence-electron chi connectivity index (χ1n) is 11.8. The normalized spacial score (nSPS) is 20.2. The molecule has 184 valence electrons. The summed E-state index contributed by atoms with van der Waals surface area (Å²) in [6.45, 7) is 2.93. The summed E-state index contributed by atoms with van der Waals surface area (Å²) >= 11 is 0. The second kappa shape index (κ2) is 11.0. The predicted molar refractivity (Wildman–Crippen MR) is 123 cm³/mol. The summed E-state index contributed by atoms with van der Waals surface area (Å²) in [7, 11) is 0. The molecule has 9 heteroatoms. The van der Waals surface area contributed by atoms with Gasteiger partial charge in [-0.3, -0.25) is 9.36 Å². The van der Waals surface area contributed by atoms with E-state index >= 15 is 0 Å². The van der Waals surface area contributed by atoms with Gasteiger partial charge in [-0.2, -0.15) is 14.0 Å². The highest BCUT2D eigenvalue weighted by Crippen LogP contribution is 2.32. The third kappa shape index (κ3) is 5.73. The van der Waals surface area contributed by atoms with E-state index in [-0.39, 0.29) is 29.4 Å². The fraction of sp³-hybridized carbons (Fsp3) is 0.560. The van der Waals surface area contributed by atoms with Crippen LogP contribution in [0.5, 0.6) is 5.75 Å². The fourth-order valence-electron chi connectivity index (χ4n) is 4.41. The molecule has 0 aliphatic heterocycles. The number of halogens is 2. The Hall–Kier alpha value is -2.99. The van der Waals surface area contributed by atoms with Crippen LogP contribution >= 0.6 is 0 Å². The van der Waals surface area contributed by atoms with Crippen LogP contribution in [0, 0.1) is 17.2 Å². The Kier molecular flexibility index (Phi) is 8.26. The highest BCUT2D eigenvalue weighted by atomic mass is 19.3. The second-order valence-electron chi connectivity index (χ2n) is 9.05. The van der Waals surface area contributed by atoms with Crippen molar-refractivity contribution in [1.29, 1.82) is 5.26 Å². The molecular formula is C25H32F2N4O3. The first-order valence-corrected chi connectivity index (χ1v) is 11.8. The lowest BCUT2D eigenvalue weighted by molar-refractivity contribution is -0.0499. The number of aromatic nitrogens is 2. The average Bonchev–Trinajstić information content (AvgIpc) is 3.18. The molecule has 2 N–H and O–H groups in total. The van der Waals surface area contributed by atoms with Crippen molar-refractivity contribution in [3.63, 3.8) is 0 Å². The second-order valence-corrected chi connectivity index (χ2v) is 9.05. The molecule has 1 aromatic heterocycles. The quantitative estimate of drug-likeness (QED) is 0.556. The number of carbonyl (C=O) groups is 1. The number of aliphatic hydroxyl groups is 1. The van der Waals surface area contributed by atoms with Gasteiger partial charge in [0.15, 0.2) is 11.4 Å². The number of alkyl halides is 2. The predicted octanol–water partition coefficient (Wildman–Crippen LogP) is 4.53. The summed E-state index contributed by atoms with van der Waals surface area (Å²) in [5.41, 5.74) is -0.112. The molecule has 1 heterocycles. The van der Waals surface area contributed by atoms with Gasteiger partial charge in [-0.15, -0.1) is 0 Å². The number of nitrogens with zero attached hydrogens (tertiary/aromatic N) is 3. The zero-order valence-corrected chi connectivity index (χ0v) is 19.9. The van der Waals surface area contributed by atoms with Crippen molar-refractivity contribution in [2.24, 2.45) is 5.92 Å². The minimum Gasteiger partial charge on any atom is -0.433 e. The zero-order valence-electron chi connectivity index (χ0n) is 19.9. The van der Waals surface area contributed by atoms with Gasteiger partial charge in [0.1, 0.15) is 17.6 Å². The van der Waals surface area contributed by atoms with E-state index in [0.29, 0.717) is 37.4 Å². The van der Waals surface area contributed by atoms with Gasteiger partial charge in [0, 0.05) is 13.0 Å².